The van der Waals surface area contributed by atoms with Crippen molar-refractivity contribution in [1.29, 1.82) is 0 Å². The summed E-state index contributed by atoms with van der Waals surface area (Å²) in [5.41, 5.74) is 8.78. The largest absolute Gasteiger partial charge is 0.424 e. The molecule has 0 heterocycles. The first-order valence-electron chi connectivity index (χ1n) is 7.54. The van der Waals surface area contributed by atoms with E-state index in [9.17, 15) is 9.59 Å². The molecule has 0 spiro atoms. The van der Waals surface area contributed by atoms with Crippen LogP contribution in [0.2, 0.25) is 0 Å². The highest BCUT2D eigenvalue weighted by Crippen LogP contribution is 2.28. The number of hydrogen-bond donors (Lipinski definition) is 2. The molecule has 0 radical (unpaired) electrons. The number of benzene rings is 2. The number of nitrogen functional groups attached to an aromatic ring is 1. The van der Waals surface area contributed by atoms with Gasteiger partial charge in [0.15, 0.2) is 5.75 Å². The Labute approximate surface area is 141 Å². The van der Waals surface area contributed by atoms with E-state index in [1.165, 1.54) is 13.0 Å². The van der Waals surface area contributed by atoms with Gasteiger partial charge in [0.25, 0.3) is 0 Å². The summed E-state index contributed by atoms with van der Waals surface area (Å²) in [4.78, 5) is 22.9. The molecule has 0 aliphatic rings. The molecule has 0 bridgehead atoms. The second-order valence-electron chi connectivity index (χ2n) is 5.39. The van der Waals surface area contributed by atoms with Gasteiger partial charge in [-0.15, -0.1) is 0 Å². The zero-order valence-electron chi connectivity index (χ0n) is 13.7. The molecule has 0 aromatic heterocycles. The van der Waals surface area contributed by atoms with Gasteiger partial charge in [0.1, 0.15) is 0 Å². The van der Waals surface area contributed by atoms with Crippen LogP contribution in [0.4, 0.5) is 5.69 Å². The van der Waals surface area contributed by atoms with Gasteiger partial charge < -0.3 is 15.8 Å². The number of nitrogens with two attached hydrogens (primary N) is 1. The monoisotopic (exact) mass is 324 g/mol. The van der Waals surface area contributed by atoms with Crippen molar-refractivity contribution < 1.29 is 14.3 Å². The molecule has 0 unspecified atom stereocenters. The Balaban J connectivity index is 2.00. The van der Waals surface area contributed by atoms with Crippen LogP contribution in [-0.2, 0) is 16.1 Å². The summed E-state index contributed by atoms with van der Waals surface area (Å²) < 4.78 is 5.08. The number of esters is 1. The van der Waals surface area contributed by atoms with E-state index in [1.54, 1.807) is 25.1 Å². The Morgan fingerprint density at radius 3 is 2.54 bits per heavy atom. The zero-order chi connectivity index (χ0) is 17.5. The number of aryl methyl sites for hydroxylation is 1. The molecule has 124 valence electrons. The van der Waals surface area contributed by atoms with E-state index in [0.717, 1.165) is 16.7 Å². The fraction of sp³-hybridized carbons (Fsp3) is 0.158. The maximum absolute atomic E-state index is 11.9. The van der Waals surface area contributed by atoms with Crippen LogP contribution in [0.5, 0.6) is 5.75 Å². The zero-order valence-corrected chi connectivity index (χ0v) is 13.7. The Kier molecular flexibility index (Phi) is 5.73. The molecule has 0 atom stereocenters. The van der Waals surface area contributed by atoms with E-state index < -0.39 is 5.97 Å². The minimum atomic E-state index is -0.423. The van der Waals surface area contributed by atoms with Gasteiger partial charge in [-0.3, -0.25) is 9.59 Å². The Hall–Kier alpha value is -3.08. The van der Waals surface area contributed by atoms with Crippen molar-refractivity contribution in [3.8, 4) is 5.75 Å². The van der Waals surface area contributed by atoms with E-state index in [4.69, 9.17) is 10.5 Å². The van der Waals surface area contributed by atoms with E-state index in [0.29, 0.717) is 18.0 Å². The fourth-order valence-corrected chi connectivity index (χ4v) is 2.23. The normalized spacial score (nSPS) is 10.6. The van der Waals surface area contributed by atoms with E-state index in [2.05, 4.69) is 5.32 Å². The number of nitrogens with one attached hydrogen (secondary N) is 1. The molecule has 0 saturated carbocycles. The van der Waals surface area contributed by atoms with Crippen LogP contribution in [0.25, 0.3) is 6.08 Å². The fourth-order valence-electron chi connectivity index (χ4n) is 2.23. The summed E-state index contributed by atoms with van der Waals surface area (Å²) in [6.45, 7) is 3.59. The third kappa shape index (κ3) is 4.98. The summed E-state index contributed by atoms with van der Waals surface area (Å²) in [6, 6.07) is 13.1. The standard InChI is InChI=1S/C19H20N2O3/c1-13-10-16(11-17(20)19(13)24-14(2)22)8-9-18(23)21-12-15-6-4-3-5-7-15/h3-11H,12,20H2,1-2H3,(H,21,23)/b9-8+. The lowest BCUT2D eigenvalue weighted by Crippen LogP contribution is -2.20. The minimum Gasteiger partial charge on any atom is -0.424 e. The van der Waals surface area contributed by atoms with Gasteiger partial charge in [0.2, 0.25) is 5.91 Å². The summed E-state index contributed by atoms with van der Waals surface area (Å²) >= 11 is 0. The maximum atomic E-state index is 11.9. The molecule has 5 nitrogen and oxygen atoms in total. The van der Waals surface area contributed by atoms with Crippen LogP contribution in [0.1, 0.15) is 23.6 Å². The average Bonchev–Trinajstić information content (AvgIpc) is 2.55. The Morgan fingerprint density at radius 1 is 1.21 bits per heavy atom. The van der Waals surface area contributed by atoms with Gasteiger partial charge in [-0.05, 0) is 41.8 Å². The number of hydrogen-bond acceptors (Lipinski definition) is 4. The molecule has 2 aromatic carbocycles. The van der Waals surface area contributed by atoms with Gasteiger partial charge in [0, 0.05) is 19.5 Å². The van der Waals surface area contributed by atoms with E-state index in [-0.39, 0.29) is 5.91 Å². The van der Waals surface area contributed by atoms with Gasteiger partial charge >= 0.3 is 5.97 Å². The highest BCUT2D eigenvalue weighted by atomic mass is 16.5. The van der Waals surface area contributed by atoms with Gasteiger partial charge in [-0.2, -0.15) is 0 Å². The van der Waals surface area contributed by atoms with Gasteiger partial charge in [-0.25, -0.2) is 0 Å². The van der Waals surface area contributed by atoms with Crippen molar-refractivity contribution in [3.63, 3.8) is 0 Å². The smallest absolute Gasteiger partial charge is 0.308 e. The topological polar surface area (TPSA) is 81.4 Å². The number of carbonyl (C=O) groups excluding carboxylic acids is 2. The van der Waals surface area contributed by atoms with Crippen molar-refractivity contribution in [2.45, 2.75) is 20.4 Å². The van der Waals surface area contributed by atoms with Crippen molar-refractivity contribution in [2.75, 3.05) is 5.73 Å². The molecule has 3 N–H and O–H groups in total. The molecule has 2 aromatic rings. The second kappa shape index (κ2) is 7.97. The molecule has 1 amide bonds. The molecule has 0 aliphatic heterocycles. The van der Waals surface area contributed by atoms with E-state index >= 15 is 0 Å². The second-order valence-corrected chi connectivity index (χ2v) is 5.39. The van der Waals surface area contributed by atoms with Crippen LogP contribution in [-0.4, -0.2) is 11.9 Å². The molecule has 0 aliphatic carbocycles. The van der Waals surface area contributed by atoms with Crippen LogP contribution in [0, 0.1) is 6.92 Å². The predicted molar refractivity (Wildman–Crippen MR) is 94.2 cm³/mol. The van der Waals surface area contributed by atoms with Crippen molar-refractivity contribution in [1.82, 2.24) is 5.32 Å². The Morgan fingerprint density at radius 2 is 1.92 bits per heavy atom. The first-order chi connectivity index (χ1) is 11.5. The summed E-state index contributed by atoms with van der Waals surface area (Å²) in [5.74, 6) is -0.263. The molecular formula is C19H20N2O3. The van der Waals surface area contributed by atoms with Crippen LogP contribution in [0.3, 0.4) is 0 Å². The molecule has 2 rings (SSSR count). The van der Waals surface area contributed by atoms with E-state index in [1.807, 2.05) is 30.3 Å². The van der Waals surface area contributed by atoms with Crippen molar-refractivity contribution in [3.05, 3.63) is 65.2 Å². The SMILES string of the molecule is CC(=O)Oc1c(C)cc(/C=C/C(=O)NCc2ccccc2)cc1N. The van der Waals surface area contributed by atoms with Crippen LogP contribution >= 0.6 is 0 Å². The van der Waals surface area contributed by atoms with Crippen LogP contribution in [0.15, 0.2) is 48.5 Å². The lowest BCUT2D eigenvalue weighted by atomic mass is 10.1. The third-order valence-electron chi connectivity index (χ3n) is 3.31. The van der Waals surface area contributed by atoms with Gasteiger partial charge in [-0.1, -0.05) is 30.3 Å². The molecule has 24 heavy (non-hydrogen) atoms. The quantitative estimate of drug-likeness (QED) is 0.383. The molecule has 0 saturated heterocycles. The first-order valence-corrected chi connectivity index (χ1v) is 7.54. The van der Waals surface area contributed by atoms with Crippen molar-refractivity contribution >= 4 is 23.6 Å². The number of anilines is 1. The number of rotatable bonds is 5. The number of carbonyl (C=O) groups is 2. The number of ether oxygens (including phenoxy) is 1. The lowest BCUT2D eigenvalue weighted by molar-refractivity contribution is -0.131. The third-order valence-corrected chi connectivity index (χ3v) is 3.31. The molecular weight excluding hydrogens is 304 g/mol. The van der Waals surface area contributed by atoms with Gasteiger partial charge in [0.05, 0.1) is 5.69 Å². The Bertz CT molecular complexity index is 744. The highest BCUT2D eigenvalue weighted by molar-refractivity contribution is 5.92. The molecule has 5 heteroatoms. The first kappa shape index (κ1) is 17.3. The predicted octanol–water partition coefficient (Wildman–Crippen LogP) is 2.83. The summed E-state index contributed by atoms with van der Waals surface area (Å²) in [7, 11) is 0. The lowest BCUT2D eigenvalue weighted by Gasteiger charge is -2.10. The van der Waals surface area contributed by atoms with Crippen LogP contribution < -0.4 is 15.8 Å². The highest BCUT2D eigenvalue weighted by Gasteiger charge is 2.08. The summed E-state index contributed by atoms with van der Waals surface area (Å²) in [5, 5.41) is 2.81. The maximum Gasteiger partial charge on any atom is 0.308 e. The minimum absolute atomic E-state index is 0.195. The van der Waals surface area contributed by atoms with Crippen molar-refractivity contribution in [2.24, 2.45) is 0 Å². The molecule has 0 fully saturated rings. The number of amides is 1. The summed E-state index contributed by atoms with van der Waals surface area (Å²) in [6.07, 6.45) is 3.11. The average molecular weight is 324 g/mol.